The average molecular weight is 347 g/mol. The van der Waals surface area contributed by atoms with E-state index in [1.165, 1.54) is 11.1 Å². The monoisotopic (exact) mass is 347 g/mol. The van der Waals surface area contributed by atoms with Crippen molar-refractivity contribution in [3.05, 3.63) is 59.9 Å². The third-order valence-corrected chi connectivity index (χ3v) is 4.69. The Hall–Kier alpha value is -3.08. The van der Waals surface area contributed by atoms with E-state index in [9.17, 15) is 0 Å². The van der Waals surface area contributed by atoms with Gasteiger partial charge in [-0.15, -0.1) is 0 Å². The minimum Gasteiger partial charge on any atom is -0.493 e. The summed E-state index contributed by atoms with van der Waals surface area (Å²) in [4.78, 5) is 8.79. The Balaban J connectivity index is 1.72. The van der Waals surface area contributed by atoms with Crippen LogP contribution in [0.3, 0.4) is 0 Å². The molecule has 0 bridgehead atoms. The molecule has 5 heteroatoms. The van der Waals surface area contributed by atoms with Crippen LogP contribution in [0.1, 0.15) is 17.5 Å². The van der Waals surface area contributed by atoms with E-state index in [2.05, 4.69) is 45.6 Å². The molecule has 1 aliphatic carbocycles. The molecular weight excluding hydrogens is 326 g/mol. The summed E-state index contributed by atoms with van der Waals surface area (Å²) in [6.07, 6.45) is 9.22. The summed E-state index contributed by atoms with van der Waals surface area (Å²) in [5.41, 5.74) is 4.61. The molecule has 1 aromatic heterocycles. The van der Waals surface area contributed by atoms with Crippen molar-refractivity contribution in [3.8, 4) is 11.5 Å². The minimum absolute atomic E-state index is 0.655. The highest BCUT2D eigenvalue weighted by Gasteiger charge is 2.12. The average Bonchev–Trinajstić information content (AvgIpc) is 2.92. The number of hydrogen-bond donors (Lipinski definition) is 1. The van der Waals surface area contributed by atoms with Gasteiger partial charge in [0, 0.05) is 17.1 Å². The van der Waals surface area contributed by atoms with E-state index in [0.29, 0.717) is 11.5 Å². The Bertz CT molecular complexity index is 982. The molecule has 1 N–H and O–H groups in total. The third-order valence-electron chi connectivity index (χ3n) is 4.69. The molecule has 0 saturated heterocycles. The predicted octanol–water partition coefficient (Wildman–Crippen LogP) is 4.44. The lowest BCUT2D eigenvalue weighted by Crippen LogP contribution is -1.99. The van der Waals surface area contributed by atoms with Crippen molar-refractivity contribution in [2.75, 3.05) is 19.5 Å². The van der Waals surface area contributed by atoms with E-state index in [1.54, 1.807) is 20.5 Å². The molecule has 0 atom stereocenters. The second kappa shape index (κ2) is 7.04. The first-order valence-electron chi connectivity index (χ1n) is 8.69. The van der Waals surface area contributed by atoms with Crippen LogP contribution in [0.5, 0.6) is 11.5 Å². The van der Waals surface area contributed by atoms with Crippen molar-refractivity contribution in [1.82, 2.24) is 9.97 Å². The molecule has 5 nitrogen and oxygen atoms in total. The summed E-state index contributed by atoms with van der Waals surface area (Å²) in [5.74, 6) is 2.07. The van der Waals surface area contributed by atoms with Crippen molar-refractivity contribution in [2.45, 2.75) is 19.3 Å². The van der Waals surface area contributed by atoms with Crippen LogP contribution in [0, 0.1) is 0 Å². The van der Waals surface area contributed by atoms with Crippen LogP contribution < -0.4 is 14.8 Å². The summed E-state index contributed by atoms with van der Waals surface area (Å²) in [7, 11) is 3.25. The molecule has 132 valence electrons. The number of rotatable bonds is 4. The van der Waals surface area contributed by atoms with E-state index in [4.69, 9.17) is 9.47 Å². The van der Waals surface area contributed by atoms with Gasteiger partial charge in [-0.25, -0.2) is 9.97 Å². The Morgan fingerprint density at radius 1 is 0.923 bits per heavy atom. The van der Waals surface area contributed by atoms with E-state index >= 15 is 0 Å². The van der Waals surface area contributed by atoms with Gasteiger partial charge in [-0.1, -0.05) is 18.2 Å². The Morgan fingerprint density at radius 2 is 1.77 bits per heavy atom. The highest BCUT2D eigenvalue weighted by molar-refractivity contribution is 5.93. The van der Waals surface area contributed by atoms with Crippen LogP contribution in [0.15, 0.2) is 48.8 Å². The maximum Gasteiger partial charge on any atom is 0.162 e. The standard InChI is InChI=1S/C21H21N3O2/c1-25-19-11-17-18(12-20(19)26-2)22-13-23-21(17)24-16-9-8-14-6-4-3-5-7-15(14)10-16/h3-4,8-13H,5-7H2,1-2H3,(H,22,23,24). The fraction of sp³-hybridized carbons (Fsp3) is 0.238. The molecule has 4 rings (SSSR count). The number of nitrogens with one attached hydrogen (secondary N) is 1. The molecule has 0 radical (unpaired) electrons. The first kappa shape index (κ1) is 16.4. The number of aryl methyl sites for hydroxylation is 1. The largest absolute Gasteiger partial charge is 0.493 e. The Kier molecular flexibility index (Phi) is 4.44. The lowest BCUT2D eigenvalue weighted by Gasteiger charge is -2.13. The van der Waals surface area contributed by atoms with Gasteiger partial charge in [0.1, 0.15) is 12.1 Å². The molecule has 0 spiro atoms. The highest BCUT2D eigenvalue weighted by atomic mass is 16.5. The number of fused-ring (bicyclic) bond motifs is 2. The normalized spacial score (nSPS) is 13.2. The van der Waals surface area contributed by atoms with E-state index in [0.717, 1.165) is 41.7 Å². The highest BCUT2D eigenvalue weighted by Crippen LogP contribution is 2.34. The van der Waals surface area contributed by atoms with Crippen molar-refractivity contribution in [3.63, 3.8) is 0 Å². The SMILES string of the molecule is COc1cc2ncnc(Nc3ccc4c(c3)CCC=CC4)c2cc1OC. The van der Waals surface area contributed by atoms with E-state index < -0.39 is 0 Å². The first-order valence-corrected chi connectivity index (χ1v) is 8.69. The summed E-state index contributed by atoms with van der Waals surface area (Å²) in [6.45, 7) is 0. The van der Waals surface area contributed by atoms with Crippen LogP contribution >= 0.6 is 0 Å². The van der Waals surface area contributed by atoms with Crippen LogP contribution in [-0.4, -0.2) is 24.2 Å². The smallest absolute Gasteiger partial charge is 0.162 e. The summed E-state index contributed by atoms with van der Waals surface area (Å²) < 4.78 is 10.8. The molecule has 1 heterocycles. The van der Waals surface area contributed by atoms with Crippen LogP contribution in [0.4, 0.5) is 11.5 Å². The number of hydrogen-bond acceptors (Lipinski definition) is 5. The topological polar surface area (TPSA) is 56.3 Å². The van der Waals surface area contributed by atoms with E-state index in [-0.39, 0.29) is 0 Å². The van der Waals surface area contributed by atoms with Crippen molar-refractivity contribution < 1.29 is 9.47 Å². The third kappa shape index (κ3) is 3.08. The van der Waals surface area contributed by atoms with Crippen LogP contribution in [0.25, 0.3) is 10.9 Å². The van der Waals surface area contributed by atoms with Crippen molar-refractivity contribution in [1.29, 1.82) is 0 Å². The number of anilines is 2. The number of benzene rings is 2. The van der Waals surface area contributed by atoms with Gasteiger partial charge in [0.15, 0.2) is 11.5 Å². The predicted molar refractivity (Wildman–Crippen MR) is 104 cm³/mol. The lowest BCUT2D eigenvalue weighted by atomic mass is 10.0. The molecule has 0 unspecified atom stereocenters. The molecule has 26 heavy (non-hydrogen) atoms. The number of allylic oxidation sites excluding steroid dienone is 2. The van der Waals surface area contributed by atoms with Gasteiger partial charge in [-0.2, -0.15) is 0 Å². The fourth-order valence-corrected chi connectivity index (χ4v) is 3.32. The van der Waals surface area contributed by atoms with Crippen molar-refractivity contribution in [2.24, 2.45) is 0 Å². The van der Waals surface area contributed by atoms with Gasteiger partial charge in [-0.3, -0.25) is 0 Å². The molecule has 0 aliphatic heterocycles. The Morgan fingerprint density at radius 3 is 2.62 bits per heavy atom. The van der Waals surface area contributed by atoms with Gasteiger partial charge in [-0.05, 0) is 48.6 Å². The number of ether oxygens (including phenoxy) is 2. The molecule has 3 aromatic rings. The molecule has 1 aliphatic rings. The van der Waals surface area contributed by atoms with E-state index in [1.807, 2.05) is 12.1 Å². The zero-order valence-corrected chi connectivity index (χ0v) is 15.0. The molecule has 0 saturated carbocycles. The van der Waals surface area contributed by atoms with Crippen molar-refractivity contribution >= 4 is 22.4 Å². The number of nitrogens with zero attached hydrogens (tertiary/aromatic N) is 2. The lowest BCUT2D eigenvalue weighted by molar-refractivity contribution is 0.356. The van der Waals surface area contributed by atoms with Gasteiger partial charge in [0.05, 0.1) is 19.7 Å². The van der Waals surface area contributed by atoms with Crippen LogP contribution in [-0.2, 0) is 12.8 Å². The molecule has 0 amide bonds. The summed E-state index contributed by atoms with van der Waals surface area (Å²) >= 11 is 0. The zero-order valence-electron chi connectivity index (χ0n) is 15.0. The molecular formula is C21H21N3O2. The fourth-order valence-electron chi connectivity index (χ4n) is 3.32. The number of aromatic nitrogens is 2. The minimum atomic E-state index is 0.655. The Labute approximate surface area is 152 Å². The quantitative estimate of drug-likeness (QED) is 0.707. The summed E-state index contributed by atoms with van der Waals surface area (Å²) in [6, 6.07) is 10.3. The van der Waals surface area contributed by atoms with Gasteiger partial charge in [0.25, 0.3) is 0 Å². The molecule has 0 fully saturated rings. The van der Waals surface area contributed by atoms with Gasteiger partial charge >= 0.3 is 0 Å². The van der Waals surface area contributed by atoms with Gasteiger partial charge in [0.2, 0.25) is 0 Å². The van der Waals surface area contributed by atoms with Gasteiger partial charge < -0.3 is 14.8 Å². The van der Waals surface area contributed by atoms with Crippen LogP contribution in [0.2, 0.25) is 0 Å². The summed E-state index contributed by atoms with van der Waals surface area (Å²) in [5, 5.41) is 4.33. The maximum atomic E-state index is 5.42. The first-order chi connectivity index (χ1) is 12.8. The second-order valence-corrected chi connectivity index (χ2v) is 6.27. The molecule has 2 aromatic carbocycles. The number of methoxy groups -OCH3 is 2. The second-order valence-electron chi connectivity index (χ2n) is 6.27. The zero-order chi connectivity index (χ0) is 17.9. The maximum absolute atomic E-state index is 5.42.